The molecule has 3 heteroatoms. The molecule has 0 unspecified atom stereocenters. The second-order valence-electron chi connectivity index (χ2n) is 3.09. The van der Waals surface area contributed by atoms with Gasteiger partial charge in [-0.3, -0.25) is 9.63 Å². The first-order chi connectivity index (χ1) is 7.24. The molecular formula is C12H15NO2. The van der Waals surface area contributed by atoms with Gasteiger partial charge in [0.15, 0.2) is 0 Å². The number of hydroxylamine groups is 2. The van der Waals surface area contributed by atoms with E-state index in [1.165, 1.54) is 12.2 Å². The van der Waals surface area contributed by atoms with Gasteiger partial charge in [-0.1, -0.05) is 42.5 Å². The molecule has 0 saturated heterocycles. The first-order valence-corrected chi connectivity index (χ1v) is 4.76. The SMILES string of the molecule is CON(C)C(=O)CC=Cc1ccccc1. The Balaban J connectivity index is 2.44. The summed E-state index contributed by atoms with van der Waals surface area (Å²) in [5, 5.41) is 1.22. The molecular weight excluding hydrogens is 190 g/mol. The van der Waals surface area contributed by atoms with Crippen molar-refractivity contribution in [3.63, 3.8) is 0 Å². The Labute approximate surface area is 89.9 Å². The van der Waals surface area contributed by atoms with Gasteiger partial charge in [0.25, 0.3) is 0 Å². The van der Waals surface area contributed by atoms with E-state index in [9.17, 15) is 4.79 Å². The third-order valence-electron chi connectivity index (χ3n) is 2.03. The van der Waals surface area contributed by atoms with Crippen molar-refractivity contribution in [1.29, 1.82) is 0 Å². The highest BCUT2D eigenvalue weighted by atomic mass is 16.7. The second-order valence-corrected chi connectivity index (χ2v) is 3.09. The Kier molecular flexibility index (Phi) is 4.57. The van der Waals surface area contributed by atoms with E-state index in [-0.39, 0.29) is 5.91 Å². The van der Waals surface area contributed by atoms with Crippen LogP contribution in [0.5, 0.6) is 0 Å². The Morgan fingerprint density at radius 1 is 1.40 bits per heavy atom. The highest BCUT2D eigenvalue weighted by Gasteiger charge is 2.03. The van der Waals surface area contributed by atoms with Crippen molar-refractivity contribution in [3.05, 3.63) is 42.0 Å². The van der Waals surface area contributed by atoms with Crippen LogP contribution in [0.4, 0.5) is 0 Å². The van der Waals surface area contributed by atoms with Gasteiger partial charge in [0.2, 0.25) is 5.91 Å². The number of benzene rings is 1. The highest BCUT2D eigenvalue weighted by molar-refractivity contribution is 5.77. The molecule has 0 spiro atoms. The predicted octanol–water partition coefficient (Wildman–Crippen LogP) is 2.11. The molecule has 80 valence electrons. The van der Waals surface area contributed by atoms with Crippen molar-refractivity contribution >= 4 is 12.0 Å². The van der Waals surface area contributed by atoms with Gasteiger partial charge < -0.3 is 0 Å². The van der Waals surface area contributed by atoms with Gasteiger partial charge >= 0.3 is 0 Å². The van der Waals surface area contributed by atoms with Crippen LogP contribution >= 0.6 is 0 Å². The van der Waals surface area contributed by atoms with E-state index in [0.717, 1.165) is 5.56 Å². The molecule has 0 bridgehead atoms. The van der Waals surface area contributed by atoms with E-state index in [4.69, 9.17) is 4.84 Å². The molecule has 0 N–H and O–H groups in total. The molecule has 0 atom stereocenters. The van der Waals surface area contributed by atoms with Crippen molar-refractivity contribution in [2.75, 3.05) is 14.2 Å². The minimum atomic E-state index is -0.0651. The molecule has 0 radical (unpaired) electrons. The molecule has 0 aliphatic carbocycles. The Morgan fingerprint density at radius 2 is 2.07 bits per heavy atom. The van der Waals surface area contributed by atoms with Gasteiger partial charge in [-0.25, -0.2) is 5.06 Å². The number of hydrogen-bond acceptors (Lipinski definition) is 2. The van der Waals surface area contributed by atoms with E-state index >= 15 is 0 Å². The van der Waals surface area contributed by atoms with Crippen molar-refractivity contribution in [2.45, 2.75) is 6.42 Å². The van der Waals surface area contributed by atoms with Crippen LogP contribution in [0.15, 0.2) is 36.4 Å². The van der Waals surface area contributed by atoms with Gasteiger partial charge in [0.05, 0.1) is 7.11 Å². The topological polar surface area (TPSA) is 29.5 Å². The van der Waals surface area contributed by atoms with Crippen LogP contribution < -0.4 is 0 Å². The summed E-state index contributed by atoms with van der Waals surface area (Å²) < 4.78 is 0. The molecule has 1 rings (SSSR count). The number of carbonyl (C=O) groups excluding carboxylic acids is 1. The molecule has 0 aliphatic rings. The predicted molar refractivity (Wildman–Crippen MR) is 59.9 cm³/mol. The van der Waals surface area contributed by atoms with E-state index in [1.54, 1.807) is 7.05 Å². The van der Waals surface area contributed by atoms with E-state index in [2.05, 4.69) is 0 Å². The molecule has 15 heavy (non-hydrogen) atoms. The Hall–Kier alpha value is -1.61. The van der Waals surface area contributed by atoms with Gasteiger partial charge in [-0.15, -0.1) is 0 Å². The first kappa shape index (κ1) is 11.5. The standard InChI is InChI=1S/C12H15NO2/c1-13(15-2)12(14)10-6-9-11-7-4-3-5-8-11/h3-9H,10H2,1-2H3. The number of amides is 1. The summed E-state index contributed by atoms with van der Waals surface area (Å²) in [5.41, 5.74) is 1.09. The lowest BCUT2D eigenvalue weighted by atomic mass is 10.2. The van der Waals surface area contributed by atoms with Crippen LogP contribution in [0, 0.1) is 0 Å². The number of hydrogen-bond donors (Lipinski definition) is 0. The zero-order valence-electron chi connectivity index (χ0n) is 9.01. The molecule has 1 aromatic rings. The molecule has 0 aromatic heterocycles. The fourth-order valence-electron chi connectivity index (χ4n) is 1.09. The zero-order chi connectivity index (χ0) is 11.1. The third-order valence-corrected chi connectivity index (χ3v) is 2.03. The lowest BCUT2D eigenvalue weighted by Crippen LogP contribution is -2.24. The van der Waals surface area contributed by atoms with Gasteiger partial charge in [-0.05, 0) is 5.56 Å². The fraction of sp³-hybridized carbons (Fsp3) is 0.250. The minimum absolute atomic E-state index is 0.0651. The minimum Gasteiger partial charge on any atom is -0.275 e. The van der Waals surface area contributed by atoms with Crippen LogP contribution in [-0.2, 0) is 9.63 Å². The zero-order valence-corrected chi connectivity index (χ0v) is 9.01. The molecule has 1 amide bonds. The number of carbonyl (C=O) groups is 1. The van der Waals surface area contributed by atoms with E-state index < -0.39 is 0 Å². The summed E-state index contributed by atoms with van der Waals surface area (Å²) in [5.74, 6) is -0.0651. The summed E-state index contributed by atoms with van der Waals surface area (Å²) in [4.78, 5) is 16.1. The smallest absolute Gasteiger partial charge is 0.249 e. The monoisotopic (exact) mass is 205 g/mol. The summed E-state index contributed by atoms with van der Waals surface area (Å²) in [6.45, 7) is 0. The maximum absolute atomic E-state index is 11.3. The summed E-state index contributed by atoms with van der Waals surface area (Å²) in [6, 6.07) is 9.86. The fourth-order valence-corrected chi connectivity index (χ4v) is 1.09. The van der Waals surface area contributed by atoms with Crippen molar-refractivity contribution in [2.24, 2.45) is 0 Å². The lowest BCUT2D eigenvalue weighted by Gasteiger charge is -2.11. The van der Waals surface area contributed by atoms with Gasteiger partial charge in [-0.2, -0.15) is 0 Å². The van der Waals surface area contributed by atoms with Crippen LogP contribution in [0.1, 0.15) is 12.0 Å². The maximum atomic E-state index is 11.3. The molecule has 1 aromatic carbocycles. The first-order valence-electron chi connectivity index (χ1n) is 4.76. The van der Waals surface area contributed by atoms with Crippen LogP contribution in [0.25, 0.3) is 6.08 Å². The number of rotatable bonds is 4. The molecule has 0 saturated carbocycles. The summed E-state index contributed by atoms with van der Waals surface area (Å²) in [7, 11) is 3.07. The average molecular weight is 205 g/mol. The average Bonchev–Trinajstić information content (AvgIpc) is 2.29. The quantitative estimate of drug-likeness (QED) is 0.704. The highest BCUT2D eigenvalue weighted by Crippen LogP contribution is 2.02. The van der Waals surface area contributed by atoms with E-state index in [0.29, 0.717) is 6.42 Å². The van der Waals surface area contributed by atoms with Crippen molar-refractivity contribution < 1.29 is 9.63 Å². The number of nitrogens with zero attached hydrogens (tertiary/aromatic N) is 1. The molecule has 3 nitrogen and oxygen atoms in total. The Bertz CT molecular complexity index is 333. The lowest BCUT2D eigenvalue weighted by molar-refractivity contribution is -0.167. The van der Waals surface area contributed by atoms with Gasteiger partial charge in [0, 0.05) is 13.5 Å². The molecule has 0 fully saturated rings. The van der Waals surface area contributed by atoms with Crippen LogP contribution in [-0.4, -0.2) is 25.1 Å². The third kappa shape index (κ3) is 3.95. The van der Waals surface area contributed by atoms with E-state index in [1.807, 2.05) is 42.5 Å². The van der Waals surface area contributed by atoms with Crippen molar-refractivity contribution in [3.8, 4) is 0 Å². The van der Waals surface area contributed by atoms with Crippen molar-refractivity contribution in [1.82, 2.24) is 5.06 Å². The summed E-state index contributed by atoms with van der Waals surface area (Å²) in [6.07, 6.45) is 4.09. The Morgan fingerprint density at radius 3 is 2.67 bits per heavy atom. The molecule has 0 heterocycles. The van der Waals surface area contributed by atoms with Gasteiger partial charge in [0.1, 0.15) is 0 Å². The largest absolute Gasteiger partial charge is 0.275 e. The second kappa shape index (κ2) is 5.98. The molecule has 0 aliphatic heterocycles. The van der Waals surface area contributed by atoms with Crippen LogP contribution in [0.3, 0.4) is 0 Å². The summed E-state index contributed by atoms with van der Waals surface area (Å²) >= 11 is 0. The maximum Gasteiger partial charge on any atom is 0.249 e. The normalized spacial score (nSPS) is 10.5. The van der Waals surface area contributed by atoms with Crippen LogP contribution in [0.2, 0.25) is 0 Å².